The van der Waals surface area contributed by atoms with E-state index in [1.807, 2.05) is 11.0 Å². The molecule has 2 aromatic carbocycles. The Labute approximate surface area is 216 Å². The Bertz CT molecular complexity index is 1150. The van der Waals surface area contributed by atoms with Gasteiger partial charge >= 0.3 is 0 Å². The van der Waals surface area contributed by atoms with Crippen LogP contribution in [0.1, 0.15) is 46.4 Å². The molecule has 2 saturated heterocycles. The summed E-state index contributed by atoms with van der Waals surface area (Å²) in [7, 11) is 0. The molecular formula is C28H33FN4O4. The van der Waals surface area contributed by atoms with Gasteiger partial charge in [0.15, 0.2) is 0 Å². The zero-order valence-electron chi connectivity index (χ0n) is 21.0. The van der Waals surface area contributed by atoms with Gasteiger partial charge in [0.25, 0.3) is 11.8 Å². The van der Waals surface area contributed by atoms with Gasteiger partial charge in [0.2, 0.25) is 5.91 Å². The van der Waals surface area contributed by atoms with Crippen LogP contribution in [0.2, 0.25) is 0 Å². The fourth-order valence-corrected chi connectivity index (χ4v) is 5.44. The number of hydrogen-bond donors (Lipinski definition) is 1. The number of halogens is 1. The van der Waals surface area contributed by atoms with Crippen molar-refractivity contribution in [2.24, 2.45) is 5.92 Å². The molecule has 9 heteroatoms. The summed E-state index contributed by atoms with van der Waals surface area (Å²) in [6.45, 7) is 4.44. The largest absolute Gasteiger partial charge is 0.378 e. The number of amides is 3. The number of carbonyl (C=O) groups is 3. The Morgan fingerprint density at radius 1 is 0.838 bits per heavy atom. The number of carbonyl (C=O) groups excluding carboxylic acids is 3. The van der Waals surface area contributed by atoms with E-state index in [0.29, 0.717) is 63.7 Å². The Morgan fingerprint density at radius 2 is 1.54 bits per heavy atom. The third kappa shape index (κ3) is 5.61. The maximum Gasteiger partial charge on any atom is 0.258 e. The fourth-order valence-electron chi connectivity index (χ4n) is 5.44. The Hall–Kier alpha value is -3.46. The molecule has 2 aromatic rings. The number of benzene rings is 2. The lowest BCUT2D eigenvalue weighted by atomic mass is 10.0. The van der Waals surface area contributed by atoms with E-state index in [2.05, 4.69) is 10.2 Å². The summed E-state index contributed by atoms with van der Waals surface area (Å²) in [6, 6.07) is 11.0. The number of ether oxygens (including phenoxy) is 1. The third-order valence-corrected chi connectivity index (χ3v) is 7.54. The van der Waals surface area contributed by atoms with Crippen molar-refractivity contribution in [3.05, 3.63) is 59.4 Å². The normalized spacial score (nSPS) is 18.7. The van der Waals surface area contributed by atoms with Crippen molar-refractivity contribution in [1.29, 1.82) is 0 Å². The number of morpholine rings is 1. The van der Waals surface area contributed by atoms with E-state index in [-0.39, 0.29) is 23.3 Å². The van der Waals surface area contributed by atoms with E-state index in [9.17, 15) is 18.8 Å². The average Bonchev–Trinajstić information content (AvgIpc) is 3.48. The monoisotopic (exact) mass is 508 g/mol. The highest BCUT2D eigenvalue weighted by Crippen LogP contribution is 2.30. The molecule has 5 rings (SSSR count). The van der Waals surface area contributed by atoms with Gasteiger partial charge in [0.05, 0.1) is 24.3 Å². The first-order valence-corrected chi connectivity index (χ1v) is 13.1. The smallest absolute Gasteiger partial charge is 0.258 e. The van der Waals surface area contributed by atoms with Crippen LogP contribution < -0.4 is 10.2 Å². The quantitative estimate of drug-likeness (QED) is 0.670. The molecule has 3 aliphatic rings. The van der Waals surface area contributed by atoms with Gasteiger partial charge < -0.3 is 24.8 Å². The summed E-state index contributed by atoms with van der Waals surface area (Å²) in [6.07, 6.45) is 4.22. The summed E-state index contributed by atoms with van der Waals surface area (Å²) < 4.78 is 19.5. The molecule has 196 valence electrons. The van der Waals surface area contributed by atoms with Crippen molar-refractivity contribution < 1.29 is 23.5 Å². The molecule has 37 heavy (non-hydrogen) atoms. The summed E-state index contributed by atoms with van der Waals surface area (Å²) in [5.74, 6) is -0.902. The first-order chi connectivity index (χ1) is 18.0. The molecule has 0 atom stereocenters. The van der Waals surface area contributed by atoms with Crippen LogP contribution in [-0.2, 0) is 9.53 Å². The van der Waals surface area contributed by atoms with Crippen molar-refractivity contribution in [2.45, 2.75) is 25.7 Å². The topological polar surface area (TPSA) is 82.2 Å². The van der Waals surface area contributed by atoms with Crippen molar-refractivity contribution in [3.63, 3.8) is 0 Å². The summed E-state index contributed by atoms with van der Waals surface area (Å²) in [5.41, 5.74) is 1.61. The van der Waals surface area contributed by atoms with Crippen LogP contribution in [0.25, 0.3) is 0 Å². The second-order valence-electron chi connectivity index (χ2n) is 9.86. The summed E-state index contributed by atoms with van der Waals surface area (Å²) in [4.78, 5) is 45.0. The Balaban J connectivity index is 1.35. The molecule has 0 unspecified atom stereocenters. The van der Waals surface area contributed by atoms with Crippen LogP contribution in [-0.4, -0.2) is 80.0 Å². The first kappa shape index (κ1) is 25.2. The lowest BCUT2D eigenvalue weighted by molar-refractivity contribution is -0.135. The number of rotatable bonds is 5. The van der Waals surface area contributed by atoms with Gasteiger partial charge in [-0.05, 0) is 43.2 Å². The van der Waals surface area contributed by atoms with E-state index < -0.39 is 11.7 Å². The van der Waals surface area contributed by atoms with E-state index in [4.69, 9.17) is 4.74 Å². The predicted molar refractivity (Wildman–Crippen MR) is 138 cm³/mol. The Kier molecular flexibility index (Phi) is 7.69. The molecule has 8 nitrogen and oxygen atoms in total. The molecule has 3 amide bonds. The van der Waals surface area contributed by atoms with Gasteiger partial charge in [0.1, 0.15) is 5.82 Å². The molecule has 3 fully saturated rings. The van der Waals surface area contributed by atoms with E-state index in [1.165, 1.54) is 18.2 Å². The van der Waals surface area contributed by atoms with Crippen LogP contribution in [0, 0.1) is 11.7 Å². The molecule has 1 N–H and O–H groups in total. The predicted octanol–water partition coefficient (Wildman–Crippen LogP) is 3.39. The second kappa shape index (κ2) is 11.3. The second-order valence-corrected chi connectivity index (χ2v) is 9.86. The van der Waals surface area contributed by atoms with Gasteiger partial charge in [-0.2, -0.15) is 0 Å². The lowest BCUT2D eigenvalue weighted by Crippen LogP contribution is -2.50. The number of piperazine rings is 1. The van der Waals surface area contributed by atoms with Crippen LogP contribution in [0.5, 0.6) is 0 Å². The Morgan fingerprint density at radius 3 is 2.24 bits per heavy atom. The third-order valence-electron chi connectivity index (χ3n) is 7.54. The molecule has 2 aliphatic heterocycles. The molecule has 0 aromatic heterocycles. The summed E-state index contributed by atoms with van der Waals surface area (Å²) in [5, 5.41) is 2.73. The molecule has 0 radical (unpaired) electrons. The summed E-state index contributed by atoms with van der Waals surface area (Å²) >= 11 is 0. The van der Waals surface area contributed by atoms with Crippen LogP contribution >= 0.6 is 0 Å². The first-order valence-electron chi connectivity index (χ1n) is 13.1. The number of nitrogens with zero attached hydrogens (tertiary/aromatic N) is 3. The number of anilines is 2. The zero-order chi connectivity index (χ0) is 25.8. The highest BCUT2D eigenvalue weighted by Gasteiger charge is 2.31. The maximum atomic E-state index is 14.1. The zero-order valence-corrected chi connectivity index (χ0v) is 21.0. The van der Waals surface area contributed by atoms with Crippen LogP contribution in [0.4, 0.5) is 15.8 Å². The highest BCUT2D eigenvalue weighted by atomic mass is 19.1. The van der Waals surface area contributed by atoms with Gasteiger partial charge in [-0.25, -0.2) is 4.39 Å². The fraction of sp³-hybridized carbons (Fsp3) is 0.464. The highest BCUT2D eigenvalue weighted by molar-refractivity contribution is 6.06. The van der Waals surface area contributed by atoms with Crippen molar-refractivity contribution in [2.75, 3.05) is 62.7 Å². The number of hydrogen-bond acceptors (Lipinski definition) is 5. The maximum absolute atomic E-state index is 14.1. The van der Waals surface area contributed by atoms with Crippen molar-refractivity contribution in [3.8, 4) is 0 Å². The SMILES string of the molecule is O=C(Nc1ccc(N2CCN(C(=O)C3CCCC3)CC2)c(C(=O)N2CCOCC2)c1)c1ccccc1F. The van der Waals surface area contributed by atoms with Gasteiger partial charge in [-0.1, -0.05) is 25.0 Å². The molecule has 1 aliphatic carbocycles. The minimum Gasteiger partial charge on any atom is -0.378 e. The lowest BCUT2D eigenvalue weighted by Gasteiger charge is -2.38. The molecular weight excluding hydrogens is 475 g/mol. The molecule has 0 bridgehead atoms. The standard InChI is InChI=1S/C28H33FN4O4/c29-24-8-4-3-7-22(24)26(34)30-21-9-10-25(23(19-21)28(36)33-15-17-37-18-16-33)31-11-13-32(14-12-31)27(35)20-5-1-2-6-20/h3-4,7-10,19-20H,1-2,5-6,11-18H2,(H,30,34). The van der Waals surface area contributed by atoms with Crippen LogP contribution in [0.3, 0.4) is 0 Å². The van der Waals surface area contributed by atoms with Crippen molar-refractivity contribution >= 4 is 29.1 Å². The molecule has 2 heterocycles. The van der Waals surface area contributed by atoms with Gasteiger partial charge in [-0.15, -0.1) is 0 Å². The van der Waals surface area contributed by atoms with E-state index >= 15 is 0 Å². The van der Waals surface area contributed by atoms with Crippen molar-refractivity contribution in [1.82, 2.24) is 9.80 Å². The van der Waals surface area contributed by atoms with E-state index in [1.54, 1.807) is 23.1 Å². The molecule has 0 spiro atoms. The van der Waals surface area contributed by atoms with Crippen LogP contribution in [0.15, 0.2) is 42.5 Å². The average molecular weight is 509 g/mol. The molecule has 1 saturated carbocycles. The van der Waals surface area contributed by atoms with E-state index in [0.717, 1.165) is 31.4 Å². The minimum absolute atomic E-state index is 0.0596. The van der Waals surface area contributed by atoms with Gasteiger partial charge in [-0.3, -0.25) is 14.4 Å². The minimum atomic E-state index is -0.605. The number of nitrogens with one attached hydrogen (secondary N) is 1. The van der Waals surface area contributed by atoms with Gasteiger partial charge in [0, 0.05) is 56.6 Å².